The van der Waals surface area contributed by atoms with Gasteiger partial charge in [-0.1, -0.05) is 0 Å². The molecule has 1 aromatic rings. The van der Waals surface area contributed by atoms with Crippen molar-refractivity contribution in [2.24, 2.45) is 0 Å². The first-order valence-corrected chi connectivity index (χ1v) is 7.73. The molecule has 0 radical (unpaired) electrons. The maximum atomic E-state index is 13.4. The van der Waals surface area contributed by atoms with Crippen molar-refractivity contribution in [2.45, 2.75) is 19.0 Å². The number of piperazine rings is 1. The van der Waals surface area contributed by atoms with Crippen molar-refractivity contribution >= 4 is 5.69 Å². The molecule has 2 heterocycles. The number of nitrogens with one attached hydrogen (secondary N) is 1. The highest BCUT2D eigenvalue weighted by Crippen LogP contribution is 2.24. The van der Waals surface area contributed by atoms with Gasteiger partial charge in [0.2, 0.25) is 0 Å². The molecule has 2 saturated heterocycles. The lowest BCUT2D eigenvalue weighted by Gasteiger charge is -2.32. The summed E-state index contributed by atoms with van der Waals surface area (Å²) >= 11 is 0. The Hall–Kier alpha value is -1.57. The number of rotatable bonds is 4. The van der Waals surface area contributed by atoms with Gasteiger partial charge in [0, 0.05) is 63.5 Å². The van der Waals surface area contributed by atoms with Crippen LogP contribution in [0, 0.1) is 15.9 Å². The highest BCUT2D eigenvalue weighted by Gasteiger charge is 2.29. The van der Waals surface area contributed by atoms with Gasteiger partial charge in [-0.2, -0.15) is 0 Å². The van der Waals surface area contributed by atoms with Gasteiger partial charge < -0.3 is 5.32 Å². The molecule has 3 rings (SSSR count). The monoisotopic (exact) mass is 308 g/mol. The van der Waals surface area contributed by atoms with E-state index in [1.54, 1.807) is 0 Å². The highest BCUT2D eigenvalue weighted by molar-refractivity contribution is 5.40. The Morgan fingerprint density at radius 1 is 1.32 bits per heavy atom. The molecular formula is C15H21FN4O2. The Labute approximate surface area is 129 Å². The zero-order chi connectivity index (χ0) is 15.5. The Morgan fingerprint density at radius 3 is 2.82 bits per heavy atom. The fraction of sp³-hybridized carbons (Fsp3) is 0.600. The molecule has 2 fully saturated rings. The maximum absolute atomic E-state index is 13.4. The van der Waals surface area contributed by atoms with Crippen molar-refractivity contribution in [1.29, 1.82) is 0 Å². The molecule has 22 heavy (non-hydrogen) atoms. The van der Waals surface area contributed by atoms with Crippen LogP contribution in [0.3, 0.4) is 0 Å². The van der Waals surface area contributed by atoms with Crippen LogP contribution in [0.5, 0.6) is 0 Å². The molecule has 1 N–H and O–H groups in total. The quantitative estimate of drug-likeness (QED) is 0.669. The average molecular weight is 308 g/mol. The van der Waals surface area contributed by atoms with E-state index in [0.29, 0.717) is 18.2 Å². The van der Waals surface area contributed by atoms with E-state index >= 15 is 0 Å². The van der Waals surface area contributed by atoms with Crippen LogP contribution >= 0.6 is 0 Å². The largest absolute Gasteiger partial charge is 0.314 e. The second-order valence-electron chi connectivity index (χ2n) is 5.99. The number of nitrogens with zero attached hydrogens (tertiary/aromatic N) is 3. The number of hydrogen-bond acceptors (Lipinski definition) is 5. The number of likely N-dealkylation sites (tertiary alicyclic amines) is 1. The molecule has 1 unspecified atom stereocenters. The highest BCUT2D eigenvalue weighted by atomic mass is 19.1. The predicted molar refractivity (Wildman–Crippen MR) is 81.2 cm³/mol. The Bertz CT molecular complexity index is 548. The van der Waals surface area contributed by atoms with Crippen LogP contribution in [0.2, 0.25) is 0 Å². The molecule has 2 aliphatic heterocycles. The van der Waals surface area contributed by atoms with Gasteiger partial charge in [-0.05, 0) is 18.6 Å². The first-order valence-electron chi connectivity index (χ1n) is 7.73. The van der Waals surface area contributed by atoms with E-state index in [1.807, 2.05) is 0 Å². The van der Waals surface area contributed by atoms with Gasteiger partial charge in [0.25, 0.3) is 5.69 Å². The second-order valence-corrected chi connectivity index (χ2v) is 5.99. The molecule has 0 bridgehead atoms. The number of nitro groups is 1. The van der Waals surface area contributed by atoms with Crippen molar-refractivity contribution in [1.82, 2.24) is 15.1 Å². The van der Waals surface area contributed by atoms with E-state index in [0.717, 1.165) is 51.8 Å². The fourth-order valence-electron chi connectivity index (χ4n) is 3.40. The van der Waals surface area contributed by atoms with Crippen LogP contribution in [-0.2, 0) is 6.54 Å². The molecule has 7 heteroatoms. The molecule has 0 spiro atoms. The Kier molecular flexibility index (Phi) is 4.66. The molecule has 1 aromatic carbocycles. The topological polar surface area (TPSA) is 61.7 Å². The summed E-state index contributed by atoms with van der Waals surface area (Å²) in [7, 11) is 0. The van der Waals surface area contributed by atoms with Crippen LogP contribution in [0.15, 0.2) is 18.2 Å². The molecule has 0 aliphatic carbocycles. The minimum absolute atomic E-state index is 0.00650. The number of halogens is 1. The summed E-state index contributed by atoms with van der Waals surface area (Å²) < 4.78 is 13.4. The van der Waals surface area contributed by atoms with E-state index in [9.17, 15) is 14.5 Å². The third-order valence-corrected chi connectivity index (χ3v) is 4.55. The zero-order valence-corrected chi connectivity index (χ0v) is 12.5. The smallest absolute Gasteiger partial charge is 0.274 e. The lowest BCUT2D eigenvalue weighted by molar-refractivity contribution is -0.385. The van der Waals surface area contributed by atoms with Crippen LogP contribution in [-0.4, -0.2) is 60.0 Å². The number of nitro benzene ring substituents is 1. The normalized spacial score (nSPS) is 23.8. The first kappa shape index (κ1) is 15.3. The lowest BCUT2D eigenvalue weighted by Crippen LogP contribution is -2.49. The summed E-state index contributed by atoms with van der Waals surface area (Å²) in [6, 6.07) is 4.20. The summed E-state index contributed by atoms with van der Waals surface area (Å²) in [5, 5.41) is 14.4. The van der Waals surface area contributed by atoms with Crippen molar-refractivity contribution in [2.75, 3.05) is 39.3 Å². The molecule has 1 atom stereocenters. The third kappa shape index (κ3) is 3.43. The first-order chi connectivity index (χ1) is 10.6. The van der Waals surface area contributed by atoms with Crippen molar-refractivity contribution in [3.63, 3.8) is 0 Å². The van der Waals surface area contributed by atoms with Gasteiger partial charge in [0.1, 0.15) is 5.82 Å². The van der Waals surface area contributed by atoms with E-state index < -0.39 is 10.7 Å². The van der Waals surface area contributed by atoms with Crippen LogP contribution in [0.1, 0.15) is 12.0 Å². The standard InChI is InChI=1S/C15H21FN4O2/c16-13-1-2-15(20(21)22)12(9-13)10-18-6-3-14(11-18)19-7-4-17-5-8-19/h1-2,9,14,17H,3-8,10-11H2. The predicted octanol–water partition coefficient (Wildman–Crippen LogP) is 1.21. The molecule has 0 saturated carbocycles. The van der Waals surface area contributed by atoms with E-state index in [2.05, 4.69) is 15.1 Å². The molecular weight excluding hydrogens is 287 g/mol. The van der Waals surface area contributed by atoms with E-state index in [-0.39, 0.29) is 5.69 Å². The SMILES string of the molecule is O=[N+]([O-])c1ccc(F)cc1CN1CCC(N2CCNCC2)C1. The summed E-state index contributed by atoms with van der Waals surface area (Å²) in [5.41, 5.74) is 0.470. The van der Waals surface area contributed by atoms with Gasteiger partial charge in [0.15, 0.2) is 0 Å². The number of hydrogen-bond donors (Lipinski definition) is 1. The van der Waals surface area contributed by atoms with E-state index in [1.165, 1.54) is 12.1 Å². The molecule has 0 aromatic heterocycles. The van der Waals surface area contributed by atoms with Crippen LogP contribution in [0.25, 0.3) is 0 Å². The third-order valence-electron chi connectivity index (χ3n) is 4.55. The second kappa shape index (κ2) is 6.68. The molecule has 2 aliphatic rings. The molecule has 6 nitrogen and oxygen atoms in total. The van der Waals surface area contributed by atoms with Crippen molar-refractivity contribution in [3.8, 4) is 0 Å². The average Bonchev–Trinajstić information content (AvgIpc) is 2.96. The minimum Gasteiger partial charge on any atom is -0.314 e. The zero-order valence-electron chi connectivity index (χ0n) is 12.5. The number of benzene rings is 1. The van der Waals surface area contributed by atoms with E-state index in [4.69, 9.17) is 0 Å². The summed E-state index contributed by atoms with van der Waals surface area (Å²) in [6.07, 6.45) is 1.07. The Balaban J connectivity index is 1.64. The maximum Gasteiger partial charge on any atom is 0.274 e. The van der Waals surface area contributed by atoms with Gasteiger partial charge in [0.05, 0.1) is 4.92 Å². The summed E-state index contributed by atoms with van der Waals surface area (Å²) in [5.74, 6) is -0.418. The van der Waals surface area contributed by atoms with Crippen molar-refractivity contribution in [3.05, 3.63) is 39.7 Å². The fourth-order valence-corrected chi connectivity index (χ4v) is 3.40. The van der Waals surface area contributed by atoms with Crippen LogP contribution in [0.4, 0.5) is 10.1 Å². The van der Waals surface area contributed by atoms with Gasteiger partial charge >= 0.3 is 0 Å². The lowest BCUT2D eigenvalue weighted by atomic mass is 10.1. The minimum atomic E-state index is -0.432. The molecule has 120 valence electrons. The van der Waals surface area contributed by atoms with Crippen molar-refractivity contribution < 1.29 is 9.31 Å². The Morgan fingerprint density at radius 2 is 2.09 bits per heavy atom. The van der Waals surface area contributed by atoms with Gasteiger partial charge in [-0.15, -0.1) is 0 Å². The molecule has 0 amide bonds. The van der Waals surface area contributed by atoms with Crippen LogP contribution < -0.4 is 5.32 Å². The summed E-state index contributed by atoms with van der Waals surface area (Å²) in [6.45, 7) is 6.39. The van der Waals surface area contributed by atoms with Gasteiger partial charge in [-0.25, -0.2) is 4.39 Å². The van der Waals surface area contributed by atoms with Gasteiger partial charge in [-0.3, -0.25) is 19.9 Å². The summed E-state index contributed by atoms with van der Waals surface area (Å²) in [4.78, 5) is 15.3.